The van der Waals surface area contributed by atoms with Crippen molar-refractivity contribution in [1.29, 1.82) is 0 Å². The van der Waals surface area contributed by atoms with Crippen molar-refractivity contribution in [3.05, 3.63) is 35.9 Å². The second kappa shape index (κ2) is 7.88. The van der Waals surface area contributed by atoms with Crippen LogP contribution >= 0.6 is 0 Å². The highest BCUT2D eigenvalue weighted by Gasteiger charge is 2.19. The van der Waals surface area contributed by atoms with Crippen molar-refractivity contribution in [2.45, 2.75) is 39.2 Å². The monoisotopic (exact) mass is 248 g/mol. The van der Waals surface area contributed by atoms with Crippen LogP contribution in [0.1, 0.15) is 32.3 Å². The Balaban J connectivity index is 2.58. The van der Waals surface area contributed by atoms with Crippen molar-refractivity contribution in [3.8, 4) is 0 Å². The first-order valence-electron chi connectivity index (χ1n) is 6.75. The lowest BCUT2D eigenvalue weighted by molar-refractivity contribution is -0.125. The minimum Gasteiger partial charge on any atom is -0.353 e. The van der Waals surface area contributed by atoms with Crippen LogP contribution in [0.4, 0.5) is 0 Å². The van der Waals surface area contributed by atoms with Gasteiger partial charge in [0.2, 0.25) is 5.91 Å². The zero-order chi connectivity index (χ0) is 13.4. The molecule has 0 saturated carbocycles. The predicted octanol–water partition coefficient (Wildman–Crippen LogP) is 2.11. The van der Waals surface area contributed by atoms with Crippen LogP contribution < -0.4 is 11.1 Å². The van der Waals surface area contributed by atoms with Gasteiger partial charge >= 0.3 is 0 Å². The van der Waals surface area contributed by atoms with Crippen LogP contribution in [0.2, 0.25) is 0 Å². The fraction of sp³-hybridized carbons (Fsp3) is 0.533. The van der Waals surface area contributed by atoms with Gasteiger partial charge in [-0.3, -0.25) is 4.79 Å². The van der Waals surface area contributed by atoms with Crippen molar-refractivity contribution in [2.24, 2.45) is 11.7 Å². The molecule has 1 aromatic carbocycles. The van der Waals surface area contributed by atoms with Gasteiger partial charge in [-0.1, -0.05) is 44.2 Å². The topological polar surface area (TPSA) is 55.1 Å². The molecule has 1 amide bonds. The first kappa shape index (κ1) is 14.7. The van der Waals surface area contributed by atoms with Gasteiger partial charge in [0, 0.05) is 12.6 Å². The molecule has 0 radical (unpaired) electrons. The Morgan fingerprint density at radius 2 is 1.83 bits per heavy atom. The molecule has 1 rings (SSSR count). The van der Waals surface area contributed by atoms with E-state index in [1.165, 1.54) is 0 Å². The third kappa shape index (κ3) is 4.49. The van der Waals surface area contributed by atoms with Gasteiger partial charge in [-0.2, -0.15) is 0 Å². The Morgan fingerprint density at radius 1 is 1.22 bits per heavy atom. The van der Waals surface area contributed by atoms with E-state index < -0.39 is 0 Å². The van der Waals surface area contributed by atoms with E-state index in [1.807, 2.05) is 30.3 Å². The predicted molar refractivity (Wildman–Crippen MR) is 75.2 cm³/mol. The number of rotatable bonds is 7. The number of nitrogens with two attached hydrogens (primary N) is 1. The fourth-order valence-electron chi connectivity index (χ4n) is 1.99. The summed E-state index contributed by atoms with van der Waals surface area (Å²) in [6.07, 6.45) is 2.64. The van der Waals surface area contributed by atoms with Gasteiger partial charge in [0.15, 0.2) is 0 Å². The second-order valence-electron chi connectivity index (χ2n) is 4.64. The summed E-state index contributed by atoms with van der Waals surface area (Å²) in [7, 11) is 0. The lowest BCUT2D eigenvalue weighted by Crippen LogP contribution is -2.41. The van der Waals surface area contributed by atoms with Gasteiger partial charge in [0.05, 0.1) is 5.92 Å². The Kier molecular flexibility index (Phi) is 6.44. The van der Waals surface area contributed by atoms with E-state index in [4.69, 9.17) is 5.73 Å². The number of benzene rings is 1. The van der Waals surface area contributed by atoms with Crippen molar-refractivity contribution < 1.29 is 4.79 Å². The average Bonchev–Trinajstić information content (AvgIpc) is 2.43. The molecule has 0 aliphatic rings. The molecule has 1 aromatic rings. The molecule has 0 spiro atoms. The van der Waals surface area contributed by atoms with Crippen molar-refractivity contribution in [2.75, 3.05) is 6.54 Å². The Bertz CT molecular complexity index is 347. The van der Waals surface area contributed by atoms with Gasteiger partial charge in [-0.15, -0.1) is 0 Å². The van der Waals surface area contributed by atoms with Gasteiger partial charge in [-0.05, 0) is 24.8 Å². The van der Waals surface area contributed by atoms with Crippen LogP contribution in [0.3, 0.4) is 0 Å². The van der Waals surface area contributed by atoms with Crippen molar-refractivity contribution >= 4 is 5.91 Å². The van der Waals surface area contributed by atoms with E-state index in [0.717, 1.165) is 18.4 Å². The van der Waals surface area contributed by atoms with Crippen LogP contribution in [0.25, 0.3) is 0 Å². The average molecular weight is 248 g/mol. The second-order valence-corrected chi connectivity index (χ2v) is 4.64. The Hall–Kier alpha value is -1.35. The summed E-state index contributed by atoms with van der Waals surface area (Å²) in [6, 6.07) is 10.3. The summed E-state index contributed by atoms with van der Waals surface area (Å²) in [4.78, 5) is 12.1. The van der Waals surface area contributed by atoms with Crippen LogP contribution in [-0.4, -0.2) is 18.5 Å². The number of hydrogen-bond donors (Lipinski definition) is 2. The molecule has 3 N–H and O–H groups in total. The largest absolute Gasteiger partial charge is 0.353 e. The van der Waals surface area contributed by atoms with Crippen LogP contribution in [0.15, 0.2) is 30.3 Å². The summed E-state index contributed by atoms with van der Waals surface area (Å²) in [6.45, 7) is 4.56. The van der Waals surface area contributed by atoms with E-state index in [0.29, 0.717) is 13.0 Å². The van der Waals surface area contributed by atoms with E-state index in [-0.39, 0.29) is 17.9 Å². The molecule has 0 bridgehead atoms. The molecular weight excluding hydrogens is 224 g/mol. The molecule has 0 aliphatic heterocycles. The summed E-state index contributed by atoms with van der Waals surface area (Å²) in [5.74, 6) is -0.0527. The first-order chi connectivity index (χ1) is 8.71. The normalized spacial score (nSPS) is 12.4. The van der Waals surface area contributed by atoms with E-state index in [9.17, 15) is 4.79 Å². The lowest BCUT2D eigenvalue weighted by atomic mass is 9.98. The zero-order valence-electron chi connectivity index (χ0n) is 11.4. The summed E-state index contributed by atoms with van der Waals surface area (Å²) >= 11 is 0. The summed E-state index contributed by atoms with van der Waals surface area (Å²) in [5.41, 5.74) is 6.88. The molecule has 1 unspecified atom stereocenters. The standard InChI is InChI=1S/C15H24N2O/c1-3-14(4-2)17-15(18)13(11-16)10-12-8-6-5-7-9-12/h5-9,13-14H,3-4,10-11,16H2,1-2H3,(H,17,18). The lowest BCUT2D eigenvalue weighted by Gasteiger charge is -2.20. The van der Waals surface area contributed by atoms with Gasteiger partial charge < -0.3 is 11.1 Å². The van der Waals surface area contributed by atoms with E-state index in [2.05, 4.69) is 19.2 Å². The molecule has 0 fully saturated rings. The molecule has 0 saturated heterocycles. The maximum Gasteiger partial charge on any atom is 0.224 e. The summed E-state index contributed by atoms with van der Waals surface area (Å²) < 4.78 is 0. The highest BCUT2D eigenvalue weighted by atomic mass is 16.1. The van der Waals surface area contributed by atoms with Crippen molar-refractivity contribution in [3.63, 3.8) is 0 Å². The third-order valence-corrected chi connectivity index (χ3v) is 3.31. The van der Waals surface area contributed by atoms with Gasteiger partial charge in [-0.25, -0.2) is 0 Å². The van der Waals surface area contributed by atoms with Gasteiger partial charge in [0.1, 0.15) is 0 Å². The molecule has 1 atom stereocenters. The number of amides is 1. The molecular formula is C15H24N2O. The maximum atomic E-state index is 12.1. The minimum atomic E-state index is -0.131. The van der Waals surface area contributed by atoms with Crippen LogP contribution in [0.5, 0.6) is 0 Å². The number of nitrogens with one attached hydrogen (secondary N) is 1. The van der Waals surface area contributed by atoms with Crippen LogP contribution in [0, 0.1) is 5.92 Å². The van der Waals surface area contributed by atoms with Gasteiger partial charge in [0.25, 0.3) is 0 Å². The molecule has 0 heterocycles. The van der Waals surface area contributed by atoms with E-state index in [1.54, 1.807) is 0 Å². The SMILES string of the molecule is CCC(CC)NC(=O)C(CN)Cc1ccccc1. The van der Waals surface area contributed by atoms with Crippen LogP contribution in [-0.2, 0) is 11.2 Å². The fourth-order valence-corrected chi connectivity index (χ4v) is 1.99. The number of hydrogen-bond acceptors (Lipinski definition) is 2. The highest BCUT2D eigenvalue weighted by Crippen LogP contribution is 2.09. The molecule has 0 aromatic heterocycles. The zero-order valence-corrected chi connectivity index (χ0v) is 11.4. The van der Waals surface area contributed by atoms with Crippen molar-refractivity contribution in [1.82, 2.24) is 5.32 Å². The Morgan fingerprint density at radius 3 is 2.33 bits per heavy atom. The smallest absolute Gasteiger partial charge is 0.224 e. The molecule has 18 heavy (non-hydrogen) atoms. The highest BCUT2D eigenvalue weighted by molar-refractivity contribution is 5.79. The molecule has 3 heteroatoms. The van der Waals surface area contributed by atoms with E-state index >= 15 is 0 Å². The number of carbonyl (C=O) groups is 1. The number of carbonyl (C=O) groups excluding carboxylic acids is 1. The molecule has 3 nitrogen and oxygen atoms in total. The maximum absolute atomic E-state index is 12.1. The Labute approximate surface area is 110 Å². The third-order valence-electron chi connectivity index (χ3n) is 3.31. The minimum absolute atomic E-state index is 0.0788. The first-order valence-corrected chi connectivity index (χ1v) is 6.75. The molecule has 100 valence electrons. The molecule has 0 aliphatic carbocycles. The quantitative estimate of drug-likeness (QED) is 0.776. The summed E-state index contributed by atoms with van der Waals surface area (Å²) in [5, 5.41) is 3.07.